The summed E-state index contributed by atoms with van der Waals surface area (Å²) in [5.41, 5.74) is 7.38. The van der Waals surface area contributed by atoms with Crippen LogP contribution in [-0.4, -0.2) is 16.8 Å². The molecule has 1 aliphatic carbocycles. The molecule has 4 heteroatoms. The fourth-order valence-corrected chi connectivity index (χ4v) is 3.18. The Hall–Kier alpha value is -1.16. The van der Waals surface area contributed by atoms with E-state index in [0.29, 0.717) is 5.88 Å². The molecule has 3 rings (SSSR count). The first-order valence-corrected chi connectivity index (χ1v) is 7.38. The molecule has 0 radical (unpaired) electrons. The van der Waals surface area contributed by atoms with E-state index >= 15 is 0 Å². The summed E-state index contributed by atoms with van der Waals surface area (Å²) in [5.74, 6) is 0.531. The topological polar surface area (TPSA) is 48.1 Å². The number of halogens is 1. The molecule has 20 heavy (non-hydrogen) atoms. The first-order chi connectivity index (χ1) is 9.31. The number of hydrogen-bond donors (Lipinski definition) is 1. The van der Waals surface area contributed by atoms with Crippen LogP contribution in [0.2, 0.25) is 0 Å². The van der Waals surface area contributed by atoms with Crippen LogP contribution in [0.5, 0.6) is 5.88 Å². The Labute approximate surface area is 119 Å². The minimum atomic E-state index is -1.13. The average Bonchev–Trinajstić information content (AvgIpc) is 2.30. The van der Waals surface area contributed by atoms with Gasteiger partial charge in [0.1, 0.15) is 5.60 Å². The van der Waals surface area contributed by atoms with Gasteiger partial charge in [-0.25, -0.2) is 9.37 Å². The molecule has 1 aromatic heterocycles. The predicted octanol–water partition coefficient (Wildman–Crippen LogP) is 3.32. The van der Waals surface area contributed by atoms with Crippen molar-refractivity contribution < 1.29 is 9.13 Å². The van der Waals surface area contributed by atoms with Gasteiger partial charge in [-0.05, 0) is 42.7 Å². The molecule has 1 fully saturated rings. The third-order valence-electron chi connectivity index (χ3n) is 4.35. The number of nitrogens with zero attached hydrogens (tertiary/aromatic N) is 1. The number of fused-ring (bicyclic) bond motifs is 1. The molecule has 0 saturated heterocycles. The minimum Gasteiger partial charge on any atom is -0.468 e. The Balaban J connectivity index is 1.92. The minimum absolute atomic E-state index is 0.167. The molecule has 0 amide bonds. The van der Waals surface area contributed by atoms with Gasteiger partial charge in [0, 0.05) is 11.8 Å². The van der Waals surface area contributed by atoms with E-state index in [1.807, 2.05) is 12.3 Å². The Morgan fingerprint density at radius 1 is 1.45 bits per heavy atom. The van der Waals surface area contributed by atoms with E-state index in [-0.39, 0.29) is 5.41 Å². The van der Waals surface area contributed by atoms with Gasteiger partial charge in [0.2, 0.25) is 5.88 Å². The van der Waals surface area contributed by atoms with Crippen molar-refractivity contribution in [3.05, 3.63) is 23.4 Å². The first kappa shape index (κ1) is 13.8. The largest absolute Gasteiger partial charge is 0.468 e. The third kappa shape index (κ3) is 2.20. The van der Waals surface area contributed by atoms with Crippen molar-refractivity contribution in [2.75, 3.05) is 0 Å². The molecule has 110 valence electrons. The number of aromatic nitrogens is 1. The van der Waals surface area contributed by atoms with Crippen molar-refractivity contribution in [1.82, 2.24) is 4.98 Å². The van der Waals surface area contributed by atoms with Crippen LogP contribution >= 0.6 is 0 Å². The monoisotopic (exact) mass is 278 g/mol. The SMILES string of the molecule is CC(C)(C)Cc1cnc2c(c1)[C@@H](N)C(F)C1(CCC1)O2. The van der Waals surface area contributed by atoms with E-state index < -0.39 is 17.8 Å². The normalized spacial score (nSPS) is 27.6. The van der Waals surface area contributed by atoms with Crippen LogP contribution in [0.25, 0.3) is 0 Å². The standard InChI is InChI=1S/C16H23FN2O/c1-15(2,3)8-10-7-11-12(18)13(17)16(5-4-6-16)20-14(11)19-9-10/h7,9,12-13H,4-6,8,18H2,1-3H3/t12-,13?/m1/s1. The van der Waals surface area contributed by atoms with E-state index in [1.165, 1.54) is 0 Å². The van der Waals surface area contributed by atoms with Crippen molar-refractivity contribution in [3.8, 4) is 5.88 Å². The summed E-state index contributed by atoms with van der Waals surface area (Å²) in [4.78, 5) is 4.40. The molecule has 3 nitrogen and oxygen atoms in total. The average molecular weight is 278 g/mol. The summed E-state index contributed by atoms with van der Waals surface area (Å²) < 4.78 is 20.4. The van der Waals surface area contributed by atoms with Crippen molar-refractivity contribution in [1.29, 1.82) is 0 Å². The zero-order valence-corrected chi connectivity index (χ0v) is 12.4. The lowest BCUT2D eigenvalue weighted by molar-refractivity contribution is -0.0968. The zero-order chi connectivity index (χ0) is 14.5. The first-order valence-electron chi connectivity index (χ1n) is 7.38. The molecular formula is C16H23FN2O. The molecule has 0 bridgehead atoms. The smallest absolute Gasteiger partial charge is 0.218 e. The molecule has 1 aliphatic heterocycles. The van der Waals surface area contributed by atoms with Gasteiger partial charge in [0.25, 0.3) is 0 Å². The van der Waals surface area contributed by atoms with Crippen LogP contribution in [0.4, 0.5) is 4.39 Å². The van der Waals surface area contributed by atoms with Gasteiger partial charge in [-0.2, -0.15) is 0 Å². The second-order valence-electron chi connectivity index (χ2n) is 7.42. The summed E-state index contributed by atoms with van der Waals surface area (Å²) in [5, 5.41) is 0. The van der Waals surface area contributed by atoms with Crippen molar-refractivity contribution >= 4 is 0 Å². The van der Waals surface area contributed by atoms with Crippen LogP contribution in [0.3, 0.4) is 0 Å². The highest BCUT2D eigenvalue weighted by molar-refractivity contribution is 5.38. The Morgan fingerprint density at radius 3 is 2.70 bits per heavy atom. The lowest BCUT2D eigenvalue weighted by Crippen LogP contribution is -2.57. The molecule has 2 N–H and O–H groups in total. The molecule has 1 saturated carbocycles. The molecule has 1 unspecified atom stereocenters. The quantitative estimate of drug-likeness (QED) is 0.857. The number of ether oxygens (including phenoxy) is 1. The van der Waals surface area contributed by atoms with Crippen molar-refractivity contribution in [3.63, 3.8) is 0 Å². The maximum Gasteiger partial charge on any atom is 0.218 e. The maximum atomic E-state index is 14.5. The molecule has 2 aliphatic rings. The van der Waals surface area contributed by atoms with Crippen LogP contribution in [0.1, 0.15) is 57.2 Å². The summed E-state index contributed by atoms with van der Waals surface area (Å²) in [6, 6.07) is 1.35. The van der Waals surface area contributed by atoms with Crippen LogP contribution in [0, 0.1) is 5.41 Å². The van der Waals surface area contributed by atoms with Crippen LogP contribution in [-0.2, 0) is 6.42 Å². The fourth-order valence-electron chi connectivity index (χ4n) is 3.18. The van der Waals surface area contributed by atoms with E-state index in [2.05, 4.69) is 25.8 Å². The van der Waals surface area contributed by atoms with Crippen molar-refractivity contribution in [2.24, 2.45) is 11.1 Å². The Bertz CT molecular complexity index is 520. The maximum absolute atomic E-state index is 14.5. The molecule has 2 atom stereocenters. The van der Waals surface area contributed by atoms with Gasteiger partial charge < -0.3 is 10.5 Å². The Morgan fingerprint density at radius 2 is 2.15 bits per heavy atom. The number of nitrogens with two attached hydrogens (primary N) is 1. The summed E-state index contributed by atoms with van der Waals surface area (Å²) in [6.45, 7) is 6.51. The molecule has 0 aromatic carbocycles. The number of rotatable bonds is 1. The summed E-state index contributed by atoms with van der Waals surface area (Å²) >= 11 is 0. The molecule has 1 aromatic rings. The third-order valence-corrected chi connectivity index (χ3v) is 4.35. The van der Waals surface area contributed by atoms with Gasteiger partial charge in [0.15, 0.2) is 6.17 Å². The summed E-state index contributed by atoms with van der Waals surface area (Å²) in [7, 11) is 0. The van der Waals surface area contributed by atoms with Crippen molar-refractivity contribution in [2.45, 2.75) is 64.3 Å². The molecule has 2 heterocycles. The highest BCUT2D eigenvalue weighted by Crippen LogP contribution is 2.49. The number of pyridine rings is 1. The lowest BCUT2D eigenvalue weighted by atomic mass is 9.72. The van der Waals surface area contributed by atoms with Gasteiger partial charge in [0.05, 0.1) is 6.04 Å². The Kier molecular flexibility index (Phi) is 3.05. The van der Waals surface area contributed by atoms with E-state index in [9.17, 15) is 4.39 Å². The number of alkyl halides is 1. The molecular weight excluding hydrogens is 255 g/mol. The predicted molar refractivity (Wildman–Crippen MR) is 76.4 cm³/mol. The fraction of sp³-hybridized carbons (Fsp3) is 0.688. The highest BCUT2D eigenvalue weighted by Gasteiger charge is 2.53. The van der Waals surface area contributed by atoms with Crippen LogP contribution in [0.15, 0.2) is 12.3 Å². The van der Waals surface area contributed by atoms with Gasteiger partial charge in [-0.1, -0.05) is 20.8 Å². The van der Waals surface area contributed by atoms with E-state index in [4.69, 9.17) is 10.5 Å². The van der Waals surface area contributed by atoms with Gasteiger partial charge in [-0.3, -0.25) is 0 Å². The number of hydrogen-bond acceptors (Lipinski definition) is 3. The van der Waals surface area contributed by atoms with Gasteiger partial charge in [-0.15, -0.1) is 0 Å². The van der Waals surface area contributed by atoms with Crippen LogP contribution < -0.4 is 10.5 Å². The summed E-state index contributed by atoms with van der Waals surface area (Å²) in [6.07, 6.45) is 4.09. The van der Waals surface area contributed by atoms with E-state index in [0.717, 1.165) is 36.8 Å². The highest BCUT2D eigenvalue weighted by atomic mass is 19.1. The second-order valence-corrected chi connectivity index (χ2v) is 7.42. The second kappa shape index (κ2) is 4.42. The lowest BCUT2D eigenvalue weighted by Gasteiger charge is -2.48. The molecule has 1 spiro atoms. The zero-order valence-electron chi connectivity index (χ0n) is 12.4. The van der Waals surface area contributed by atoms with E-state index in [1.54, 1.807) is 0 Å². The van der Waals surface area contributed by atoms with Gasteiger partial charge >= 0.3 is 0 Å².